The van der Waals surface area contributed by atoms with Crippen molar-refractivity contribution in [1.29, 1.82) is 0 Å². The molecule has 0 spiro atoms. The molecule has 4 nitrogen and oxygen atoms in total. The number of alkyl halides is 1. The minimum atomic E-state index is -0.418. The maximum absolute atomic E-state index is 10.8. The molecule has 0 aromatic heterocycles. The minimum absolute atomic E-state index is 0.0669. The molecule has 0 heterocycles. The molecule has 6 heteroatoms. The Balaban J connectivity index is 2.36. The van der Waals surface area contributed by atoms with E-state index < -0.39 is 4.92 Å². The van der Waals surface area contributed by atoms with Gasteiger partial charge in [-0.1, -0.05) is 39.7 Å². The van der Waals surface area contributed by atoms with Gasteiger partial charge < -0.3 is 4.74 Å². The molecule has 0 bridgehead atoms. The molecule has 0 radical (unpaired) electrons. The maximum atomic E-state index is 10.8. The molecular formula is C14H11BrClNO3. The zero-order chi connectivity index (χ0) is 14.7. The fraction of sp³-hybridized carbons (Fsp3) is 0.143. The molecule has 0 saturated heterocycles. The van der Waals surface area contributed by atoms with Gasteiger partial charge in [-0.05, 0) is 25.1 Å². The van der Waals surface area contributed by atoms with Gasteiger partial charge in [-0.15, -0.1) is 0 Å². The van der Waals surface area contributed by atoms with Crippen LogP contribution in [-0.2, 0) is 5.33 Å². The summed E-state index contributed by atoms with van der Waals surface area (Å²) in [5.74, 6) is 1.07. The van der Waals surface area contributed by atoms with Gasteiger partial charge >= 0.3 is 0 Å². The highest BCUT2D eigenvalue weighted by Crippen LogP contribution is 2.35. The Morgan fingerprint density at radius 2 is 2.10 bits per heavy atom. The lowest BCUT2D eigenvalue weighted by Gasteiger charge is -2.11. The van der Waals surface area contributed by atoms with Crippen LogP contribution in [0.4, 0.5) is 5.69 Å². The zero-order valence-corrected chi connectivity index (χ0v) is 12.9. The molecule has 2 aromatic rings. The average Bonchev–Trinajstić information content (AvgIpc) is 2.40. The molecule has 104 valence electrons. The number of aryl methyl sites for hydroxylation is 1. The van der Waals surface area contributed by atoms with Gasteiger partial charge in [-0.25, -0.2) is 0 Å². The van der Waals surface area contributed by atoms with Crippen LogP contribution in [0.15, 0.2) is 36.4 Å². The Morgan fingerprint density at radius 3 is 2.70 bits per heavy atom. The van der Waals surface area contributed by atoms with Crippen molar-refractivity contribution < 1.29 is 9.66 Å². The van der Waals surface area contributed by atoms with Crippen molar-refractivity contribution in [2.75, 3.05) is 0 Å². The maximum Gasteiger partial charge on any atom is 0.272 e. The van der Waals surface area contributed by atoms with E-state index in [1.54, 1.807) is 25.1 Å². The standard InChI is InChI=1S/C14H11BrClNO3/c1-9-7-11(5-6-13(9)17(18)19)20-14-10(8-15)3-2-4-12(14)16/h2-7H,8H2,1H3. The summed E-state index contributed by atoms with van der Waals surface area (Å²) in [6, 6.07) is 10.1. The molecule has 0 aliphatic heterocycles. The number of para-hydroxylation sites is 1. The molecule has 0 saturated carbocycles. The SMILES string of the molecule is Cc1cc(Oc2c(Cl)cccc2CBr)ccc1[N+](=O)[O-]. The predicted octanol–water partition coefficient (Wildman–Crippen LogP) is 5.24. The second-order valence-corrected chi connectivity index (χ2v) is 5.14. The Hall–Kier alpha value is -1.59. The first-order valence-corrected chi connectivity index (χ1v) is 7.29. The second kappa shape index (κ2) is 6.24. The summed E-state index contributed by atoms with van der Waals surface area (Å²) in [4.78, 5) is 10.4. The zero-order valence-electron chi connectivity index (χ0n) is 10.6. The predicted molar refractivity (Wildman–Crippen MR) is 82.0 cm³/mol. The summed E-state index contributed by atoms with van der Waals surface area (Å²) < 4.78 is 5.76. The van der Waals surface area contributed by atoms with Crippen LogP contribution in [0, 0.1) is 17.0 Å². The third-order valence-electron chi connectivity index (χ3n) is 2.78. The second-order valence-electron chi connectivity index (χ2n) is 4.17. The summed E-state index contributed by atoms with van der Waals surface area (Å²) >= 11 is 9.50. The third kappa shape index (κ3) is 3.11. The summed E-state index contributed by atoms with van der Waals surface area (Å²) in [5, 5.41) is 11.9. The van der Waals surface area contributed by atoms with E-state index in [4.69, 9.17) is 16.3 Å². The van der Waals surface area contributed by atoms with Crippen LogP contribution in [0.1, 0.15) is 11.1 Å². The Morgan fingerprint density at radius 1 is 1.35 bits per heavy atom. The summed E-state index contributed by atoms with van der Waals surface area (Å²) in [5.41, 5.74) is 1.52. The van der Waals surface area contributed by atoms with Gasteiger partial charge in [-0.2, -0.15) is 0 Å². The van der Waals surface area contributed by atoms with Crippen molar-refractivity contribution in [2.45, 2.75) is 12.3 Å². The lowest BCUT2D eigenvalue weighted by atomic mass is 10.2. The van der Waals surface area contributed by atoms with E-state index in [0.717, 1.165) is 5.56 Å². The van der Waals surface area contributed by atoms with E-state index in [1.807, 2.05) is 12.1 Å². The van der Waals surface area contributed by atoms with Crippen molar-refractivity contribution >= 4 is 33.2 Å². The van der Waals surface area contributed by atoms with Gasteiger partial charge in [0.1, 0.15) is 11.5 Å². The van der Waals surface area contributed by atoms with Crippen LogP contribution in [0.5, 0.6) is 11.5 Å². The molecule has 0 aliphatic carbocycles. The smallest absolute Gasteiger partial charge is 0.272 e. The fourth-order valence-corrected chi connectivity index (χ4v) is 2.46. The first-order valence-electron chi connectivity index (χ1n) is 5.79. The lowest BCUT2D eigenvalue weighted by Crippen LogP contribution is -1.94. The molecule has 0 amide bonds. The molecule has 0 atom stereocenters. The number of hydrogen-bond donors (Lipinski definition) is 0. The Bertz CT molecular complexity index is 661. The van der Waals surface area contributed by atoms with Crippen LogP contribution in [0.2, 0.25) is 5.02 Å². The topological polar surface area (TPSA) is 52.4 Å². The van der Waals surface area contributed by atoms with E-state index in [9.17, 15) is 10.1 Å². The normalized spacial score (nSPS) is 10.3. The number of nitro groups is 1. The van der Waals surface area contributed by atoms with Crippen LogP contribution < -0.4 is 4.74 Å². The van der Waals surface area contributed by atoms with E-state index >= 15 is 0 Å². The summed E-state index contributed by atoms with van der Waals surface area (Å²) in [7, 11) is 0. The van der Waals surface area contributed by atoms with Crippen LogP contribution in [0.25, 0.3) is 0 Å². The number of halogens is 2. The van der Waals surface area contributed by atoms with Crippen molar-refractivity contribution in [1.82, 2.24) is 0 Å². The molecule has 2 aromatic carbocycles. The molecule has 2 rings (SSSR count). The first-order chi connectivity index (χ1) is 9.52. The monoisotopic (exact) mass is 355 g/mol. The number of nitro benzene ring substituents is 1. The van der Waals surface area contributed by atoms with Crippen LogP contribution in [-0.4, -0.2) is 4.92 Å². The number of nitrogens with zero attached hydrogens (tertiary/aromatic N) is 1. The number of hydrogen-bond acceptors (Lipinski definition) is 3. The molecule has 0 unspecified atom stereocenters. The Kier molecular flexibility index (Phi) is 4.62. The Labute approximate surface area is 129 Å². The van der Waals surface area contributed by atoms with Gasteiger partial charge in [0, 0.05) is 22.5 Å². The largest absolute Gasteiger partial charge is 0.455 e. The molecule has 20 heavy (non-hydrogen) atoms. The quantitative estimate of drug-likeness (QED) is 0.427. The highest BCUT2D eigenvalue weighted by molar-refractivity contribution is 9.08. The number of benzene rings is 2. The van der Waals surface area contributed by atoms with E-state index in [1.165, 1.54) is 6.07 Å². The molecule has 0 fully saturated rings. The van der Waals surface area contributed by atoms with E-state index in [-0.39, 0.29) is 5.69 Å². The van der Waals surface area contributed by atoms with E-state index in [0.29, 0.717) is 27.4 Å². The van der Waals surface area contributed by atoms with Gasteiger partial charge in [0.25, 0.3) is 5.69 Å². The minimum Gasteiger partial charge on any atom is -0.455 e. The highest BCUT2D eigenvalue weighted by Gasteiger charge is 2.13. The summed E-state index contributed by atoms with van der Waals surface area (Å²) in [6.07, 6.45) is 0. The van der Waals surface area contributed by atoms with E-state index in [2.05, 4.69) is 15.9 Å². The third-order valence-corrected chi connectivity index (χ3v) is 3.68. The van der Waals surface area contributed by atoms with Gasteiger partial charge in [0.05, 0.1) is 9.95 Å². The molecular weight excluding hydrogens is 346 g/mol. The molecule has 0 aliphatic rings. The number of rotatable bonds is 4. The van der Waals surface area contributed by atoms with Crippen molar-refractivity contribution in [2.24, 2.45) is 0 Å². The average molecular weight is 357 g/mol. The van der Waals surface area contributed by atoms with Gasteiger partial charge in [-0.3, -0.25) is 10.1 Å². The highest BCUT2D eigenvalue weighted by atomic mass is 79.9. The van der Waals surface area contributed by atoms with Crippen LogP contribution >= 0.6 is 27.5 Å². The number of ether oxygens (including phenoxy) is 1. The van der Waals surface area contributed by atoms with Crippen molar-refractivity contribution in [3.05, 3.63) is 62.7 Å². The molecule has 0 N–H and O–H groups in total. The first kappa shape index (κ1) is 14.8. The fourth-order valence-electron chi connectivity index (χ4n) is 1.79. The van der Waals surface area contributed by atoms with Gasteiger partial charge in [0.2, 0.25) is 0 Å². The summed E-state index contributed by atoms with van der Waals surface area (Å²) in [6.45, 7) is 1.67. The van der Waals surface area contributed by atoms with Crippen LogP contribution in [0.3, 0.4) is 0 Å². The lowest BCUT2D eigenvalue weighted by molar-refractivity contribution is -0.385. The van der Waals surface area contributed by atoms with Crippen molar-refractivity contribution in [3.8, 4) is 11.5 Å². The van der Waals surface area contributed by atoms with Crippen molar-refractivity contribution in [3.63, 3.8) is 0 Å². The van der Waals surface area contributed by atoms with Gasteiger partial charge in [0.15, 0.2) is 0 Å².